The predicted octanol–water partition coefficient (Wildman–Crippen LogP) is 2.47. The molecule has 1 N–H and O–H groups in total. The van der Waals surface area contributed by atoms with E-state index in [9.17, 15) is 4.79 Å². The Balaban J connectivity index is 1.65. The third kappa shape index (κ3) is 4.60. The lowest BCUT2D eigenvalue weighted by molar-refractivity contribution is 0.0946. The second-order valence-corrected chi connectivity index (χ2v) is 6.81. The van der Waals surface area contributed by atoms with Gasteiger partial charge >= 0.3 is 0 Å². The number of anilines is 1. The van der Waals surface area contributed by atoms with Gasteiger partial charge in [-0.25, -0.2) is 9.97 Å². The van der Waals surface area contributed by atoms with Crippen LogP contribution in [-0.2, 0) is 6.54 Å². The van der Waals surface area contributed by atoms with Crippen molar-refractivity contribution < 1.29 is 4.79 Å². The normalized spacial score (nSPS) is 15.2. The van der Waals surface area contributed by atoms with Crippen LogP contribution in [0.1, 0.15) is 16.1 Å². The quantitative estimate of drug-likeness (QED) is 0.883. The number of aromatic nitrogens is 2. The number of amides is 1. The molecule has 1 aromatic heterocycles. The summed E-state index contributed by atoms with van der Waals surface area (Å²) >= 11 is 12.0. The highest BCUT2D eigenvalue weighted by atomic mass is 35.5. The number of piperazine rings is 1. The van der Waals surface area contributed by atoms with Crippen LogP contribution in [0.5, 0.6) is 0 Å². The largest absolute Gasteiger partial charge is 0.354 e. The van der Waals surface area contributed by atoms with Gasteiger partial charge in [-0.05, 0) is 24.7 Å². The SMILES string of the molecule is CN1CCN(c2cc(C(=O)NCc3ccc(Cl)cc3Cl)ncn2)CC1. The minimum atomic E-state index is -0.260. The second kappa shape index (κ2) is 7.99. The van der Waals surface area contributed by atoms with Crippen LogP contribution in [0.2, 0.25) is 10.0 Å². The molecule has 1 saturated heterocycles. The van der Waals surface area contributed by atoms with Crippen LogP contribution in [0.15, 0.2) is 30.6 Å². The van der Waals surface area contributed by atoms with Gasteiger partial charge in [0.2, 0.25) is 0 Å². The summed E-state index contributed by atoms with van der Waals surface area (Å²) in [6, 6.07) is 6.91. The first-order chi connectivity index (χ1) is 12.0. The number of likely N-dealkylation sites (N-methyl/N-ethyl adjacent to an activating group) is 1. The van der Waals surface area contributed by atoms with Crippen LogP contribution in [-0.4, -0.2) is 54.0 Å². The van der Waals surface area contributed by atoms with Gasteiger partial charge in [0.1, 0.15) is 17.8 Å². The summed E-state index contributed by atoms with van der Waals surface area (Å²) < 4.78 is 0. The molecule has 8 heteroatoms. The molecule has 3 rings (SSSR count). The molecule has 1 aliphatic heterocycles. The molecule has 2 aromatic rings. The standard InChI is InChI=1S/C17H19Cl2N5O/c1-23-4-6-24(7-5-23)16-9-15(21-11-22-16)17(25)20-10-12-2-3-13(18)8-14(12)19/h2-3,8-9,11H,4-7,10H2,1H3,(H,20,25). The van der Waals surface area contributed by atoms with Crippen LogP contribution < -0.4 is 10.2 Å². The summed E-state index contributed by atoms with van der Waals surface area (Å²) in [5.74, 6) is 0.515. The minimum Gasteiger partial charge on any atom is -0.354 e. The number of hydrogen-bond acceptors (Lipinski definition) is 5. The van der Waals surface area contributed by atoms with Gasteiger partial charge in [-0.1, -0.05) is 29.3 Å². The Morgan fingerprint density at radius 1 is 1.16 bits per heavy atom. The fraction of sp³-hybridized carbons (Fsp3) is 0.353. The van der Waals surface area contributed by atoms with Gasteiger partial charge in [0.25, 0.3) is 5.91 Å². The molecule has 2 heterocycles. The van der Waals surface area contributed by atoms with Gasteiger partial charge in [-0.2, -0.15) is 0 Å². The van der Waals surface area contributed by atoms with Gasteiger partial charge in [0, 0.05) is 48.8 Å². The Bertz CT molecular complexity index is 762. The van der Waals surface area contributed by atoms with E-state index in [0.29, 0.717) is 22.3 Å². The highest BCUT2D eigenvalue weighted by molar-refractivity contribution is 6.35. The average Bonchev–Trinajstić information content (AvgIpc) is 2.61. The van der Waals surface area contributed by atoms with E-state index in [4.69, 9.17) is 23.2 Å². The summed E-state index contributed by atoms with van der Waals surface area (Å²) in [5.41, 5.74) is 1.14. The van der Waals surface area contributed by atoms with Crippen molar-refractivity contribution in [3.8, 4) is 0 Å². The fourth-order valence-corrected chi connectivity index (χ4v) is 3.09. The molecular weight excluding hydrogens is 361 g/mol. The van der Waals surface area contributed by atoms with Crippen LogP contribution in [0, 0.1) is 0 Å². The number of benzene rings is 1. The van der Waals surface area contributed by atoms with Gasteiger partial charge in [-0.15, -0.1) is 0 Å². The molecule has 1 fully saturated rings. The van der Waals surface area contributed by atoms with E-state index in [0.717, 1.165) is 37.6 Å². The Morgan fingerprint density at radius 2 is 1.92 bits per heavy atom. The number of rotatable bonds is 4. The molecule has 1 aliphatic rings. The first kappa shape index (κ1) is 17.9. The van der Waals surface area contributed by atoms with Gasteiger partial charge in [0.05, 0.1) is 0 Å². The summed E-state index contributed by atoms with van der Waals surface area (Å²) in [6.07, 6.45) is 1.43. The van der Waals surface area contributed by atoms with Gasteiger partial charge < -0.3 is 15.1 Å². The minimum absolute atomic E-state index is 0.260. The average molecular weight is 380 g/mol. The number of nitrogens with one attached hydrogen (secondary N) is 1. The van der Waals surface area contributed by atoms with Gasteiger partial charge in [0.15, 0.2) is 0 Å². The highest BCUT2D eigenvalue weighted by Crippen LogP contribution is 2.21. The van der Waals surface area contributed by atoms with E-state index in [1.165, 1.54) is 6.33 Å². The Labute approximate surface area is 156 Å². The van der Waals surface area contributed by atoms with Crippen molar-refractivity contribution in [1.82, 2.24) is 20.2 Å². The number of carbonyl (C=O) groups excluding carboxylic acids is 1. The molecule has 0 unspecified atom stereocenters. The molecule has 25 heavy (non-hydrogen) atoms. The zero-order valence-corrected chi connectivity index (χ0v) is 15.4. The summed E-state index contributed by atoms with van der Waals surface area (Å²) in [5, 5.41) is 3.91. The summed E-state index contributed by atoms with van der Waals surface area (Å²) in [6.45, 7) is 4.02. The lowest BCUT2D eigenvalue weighted by atomic mass is 10.2. The Kier molecular flexibility index (Phi) is 5.73. The van der Waals surface area contributed by atoms with Crippen molar-refractivity contribution in [3.63, 3.8) is 0 Å². The Hall–Kier alpha value is -1.89. The van der Waals surface area contributed by atoms with E-state index >= 15 is 0 Å². The number of halogens is 2. The molecule has 132 valence electrons. The number of hydrogen-bond donors (Lipinski definition) is 1. The van der Waals surface area contributed by atoms with Crippen LogP contribution in [0.3, 0.4) is 0 Å². The molecule has 1 aromatic carbocycles. The highest BCUT2D eigenvalue weighted by Gasteiger charge is 2.17. The van der Waals surface area contributed by atoms with E-state index in [2.05, 4.69) is 32.1 Å². The molecule has 0 aliphatic carbocycles. The van der Waals surface area contributed by atoms with E-state index in [1.807, 2.05) is 0 Å². The molecule has 0 bridgehead atoms. The molecule has 0 spiro atoms. The van der Waals surface area contributed by atoms with Crippen molar-refractivity contribution in [1.29, 1.82) is 0 Å². The van der Waals surface area contributed by atoms with E-state index in [1.54, 1.807) is 24.3 Å². The molecule has 1 amide bonds. The Morgan fingerprint density at radius 3 is 2.64 bits per heavy atom. The number of nitrogens with zero attached hydrogens (tertiary/aromatic N) is 4. The molecular formula is C17H19Cl2N5O. The smallest absolute Gasteiger partial charge is 0.270 e. The zero-order valence-electron chi connectivity index (χ0n) is 13.9. The van der Waals surface area contributed by atoms with Crippen LogP contribution in [0.4, 0.5) is 5.82 Å². The lowest BCUT2D eigenvalue weighted by Crippen LogP contribution is -2.44. The van der Waals surface area contributed by atoms with Gasteiger partial charge in [-0.3, -0.25) is 4.79 Å². The summed E-state index contributed by atoms with van der Waals surface area (Å²) in [7, 11) is 2.10. The molecule has 0 saturated carbocycles. The van der Waals surface area contributed by atoms with E-state index in [-0.39, 0.29) is 5.91 Å². The second-order valence-electron chi connectivity index (χ2n) is 5.97. The van der Waals surface area contributed by atoms with Crippen molar-refractivity contribution in [2.75, 3.05) is 38.1 Å². The predicted molar refractivity (Wildman–Crippen MR) is 99.4 cm³/mol. The lowest BCUT2D eigenvalue weighted by Gasteiger charge is -2.33. The first-order valence-electron chi connectivity index (χ1n) is 8.00. The third-order valence-electron chi connectivity index (χ3n) is 4.17. The van der Waals surface area contributed by atoms with Crippen molar-refractivity contribution in [2.24, 2.45) is 0 Å². The monoisotopic (exact) mass is 379 g/mol. The number of carbonyl (C=O) groups is 1. The maximum atomic E-state index is 12.4. The van der Waals surface area contributed by atoms with Crippen molar-refractivity contribution in [3.05, 3.63) is 51.9 Å². The van der Waals surface area contributed by atoms with E-state index < -0.39 is 0 Å². The fourth-order valence-electron chi connectivity index (χ4n) is 2.61. The van der Waals surface area contributed by atoms with Crippen LogP contribution >= 0.6 is 23.2 Å². The first-order valence-corrected chi connectivity index (χ1v) is 8.76. The molecule has 0 radical (unpaired) electrons. The van der Waals surface area contributed by atoms with Crippen LogP contribution in [0.25, 0.3) is 0 Å². The molecule has 6 nitrogen and oxygen atoms in total. The maximum absolute atomic E-state index is 12.4. The topological polar surface area (TPSA) is 61.4 Å². The molecule has 0 atom stereocenters. The zero-order chi connectivity index (χ0) is 17.8. The van der Waals surface area contributed by atoms with Crippen molar-refractivity contribution in [2.45, 2.75) is 6.54 Å². The van der Waals surface area contributed by atoms with Crippen molar-refractivity contribution >= 4 is 34.9 Å². The maximum Gasteiger partial charge on any atom is 0.270 e. The third-order valence-corrected chi connectivity index (χ3v) is 4.75. The summed E-state index contributed by atoms with van der Waals surface area (Å²) in [4.78, 5) is 25.2.